The average Bonchev–Trinajstić information content (AvgIpc) is 3.76. The summed E-state index contributed by atoms with van der Waals surface area (Å²) in [6.07, 6.45) is 2.30. The highest BCUT2D eigenvalue weighted by Crippen LogP contribution is 2.34. The van der Waals surface area contributed by atoms with Gasteiger partial charge >= 0.3 is 5.69 Å². The predicted octanol–water partition coefficient (Wildman–Crippen LogP) is 4.56. The Morgan fingerprint density at radius 3 is 2.29 bits per heavy atom. The molecule has 214 valence electrons. The SMILES string of the molecule is CC.Cc1ccc(Nc2c3c(=O)n(C4CC4)c(=O)n(-c4cccc(C(=O)N5CCC5)c4)c3c(C)c(=O)n2C)c(F)c1. The van der Waals surface area contributed by atoms with Crippen LogP contribution in [0.4, 0.5) is 15.9 Å². The molecule has 0 radical (unpaired) electrons. The molecule has 6 rings (SSSR count). The first-order valence-electron chi connectivity index (χ1n) is 14.0. The Morgan fingerprint density at radius 1 is 0.976 bits per heavy atom. The topological polar surface area (TPSA) is 98.3 Å². The number of hydrogen-bond donors (Lipinski definition) is 1. The van der Waals surface area contributed by atoms with Crippen molar-refractivity contribution in [2.45, 2.75) is 53.0 Å². The largest absolute Gasteiger partial charge is 0.339 e. The molecule has 1 aliphatic carbocycles. The molecule has 0 bridgehead atoms. The van der Waals surface area contributed by atoms with E-state index in [1.54, 1.807) is 55.1 Å². The van der Waals surface area contributed by atoms with E-state index in [0.29, 0.717) is 37.2 Å². The van der Waals surface area contributed by atoms with Crippen molar-refractivity contribution in [1.29, 1.82) is 0 Å². The summed E-state index contributed by atoms with van der Waals surface area (Å²) in [5, 5.41) is 3.06. The van der Waals surface area contributed by atoms with Gasteiger partial charge in [-0.1, -0.05) is 26.0 Å². The van der Waals surface area contributed by atoms with Gasteiger partial charge < -0.3 is 10.2 Å². The summed E-state index contributed by atoms with van der Waals surface area (Å²) in [5.41, 5.74) is 0.362. The molecular formula is C31H34FN5O4. The maximum absolute atomic E-state index is 14.9. The van der Waals surface area contributed by atoms with Crippen LogP contribution in [0, 0.1) is 19.7 Å². The molecule has 1 aliphatic heterocycles. The summed E-state index contributed by atoms with van der Waals surface area (Å²) in [5.74, 6) is -0.589. The van der Waals surface area contributed by atoms with E-state index in [9.17, 15) is 23.6 Å². The lowest BCUT2D eigenvalue weighted by atomic mass is 10.1. The van der Waals surface area contributed by atoms with E-state index in [4.69, 9.17) is 0 Å². The van der Waals surface area contributed by atoms with E-state index in [1.165, 1.54) is 26.8 Å². The molecule has 2 fully saturated rings. The Hall–Kier alpha value is -4.47. The van der Waals surface area contributed by atoms with E-state index in [1.807, 2.05) is 13.8 Å². The van der Waals surface area contributed by atoms with Gasteiger partial charge in [-0.2, -0.15) is 0 Å². The summed E-state index contributed by atoms with van der Waals surface area (Å²) < 4.78 is 18.7. The lowest BCUT2D eigenvalue weighted by Crippen LogP contribution is -2.42. The highest BCUT2D eigenvalue weighted by atomic mass is 19.1. The van der Waals surface area contributed by atoms with Gasteiger partial charge in [-0.3, -0.25) is 28.1 Å². The first kappa shape index (κ1) is 28.1. The van der Waals surface area contributed by atoms with Crippen LogP contribution in [0.15, 0.2) is 56.8 Å². The first-order valence-corrected chi connectivity index (χ1v) is 14.0. The van der Waals surface area contributed by atoms with Crippen LogP contribution in [0.1, 0.15) is 60.6 Å². The second-order valence-corrected chi connectivity index (χ2v) is 10.4. The summed E-state index contributed by atoms with van der Waals surface area (Å²) in [6, 6.07) is 11.0. The molecule has 0 unspecified atom stereocenters. The number of likely N-dealkylation sites (tertiary alicyclic amines) is 1. The Bertz CT molecular complexity index is 1860. The number of carbonyl (C=O) groups excluding carboxylic acids is 1. The minimum absolute atomic E-state index is 0.0873. The molecule has 1 saturated heterocycles. The van der Waals surface area contributed by atoms with Crippen molar-refractivity contribution in [3.8, 4) is 5.69 Å². The number of nitrogens with one attached hydrogen (secondary N) is 1. The standard InChI is InChI=1S/C29H28FN5O4.C2H6/c1-16-8-11-22(21(30)14-16)31-25-23-24(17(2)26(36)32(25)3)34(29(39)35(28(23)38)19-9-10-19)20-7-4-6-18(15-20)27(37)33-12-5-13-33;1-2/h4,6-8,11,14-15,19,31H,5,9-10,12-13H2,1-3H3;1-2H3. The smallest absolute Gasteiger partial charge is 0.336 e. The summed E-state index contributed by atoms with van der Waals surface area (Å²) in [4.78, 5) is 56.0. The van der Waals surface area contributed by atoms with Gasteiger partial charge in [0.1, 0.15) is 17.0 Å². The number of fused-ring (bicyclic) bond motifs is 1. The third-order valence-corrected chi connectivity index (χ3v) is 7.63. The van der Waals surface area contributed by atoms with Crippen molar-refractivity contribution >= 4 is 28.3 Å². The predicted molar refractivity (Wildman–Crippen MR) is 158 cm³/mol. The second-order valence-electron chi connectivity index (χ2n) is 10.4. The number of pyridine rings is 1. The van der Waals surface area contributed by atoms with Crippen molar-refractivity contribution in [3.63, 3.8) is 0 Å². The molecule has 41 heavy (non-hydrogen) atoms. The van der Waals surface area contributed by atoms with E-state index < -0.39 is 22.6 Å². The van der Waals surface area contributed by atoms with Crippen LogP contribution in [0.3, 0.4) is 0 Å². The highest BCUT2D eigenvalue weighted by molar-refractivity contribution is 5.96. The number of amides is 1. The summed E-state index contributed by atoms with van der Waals surface area (Å²) in [7, 11) is 1.51. The van der Waals surface area contributed by atoms with Gasteiger partial charge in [-0.15, -0.1) is 0 Å². The minimum atomic E-state index is -0.577. The quantitative estimate of drug-likeness (QED) is 0.387. The lowest BCUT2D eigenvalue weighted by molar-refractivity contribution is 0.0652. The summed E-state index contributed by atoms with van der Waals surface area (Å²) in [6.45, 7) is 8.68. The number of rotatable bonds is 5. The van der Waals surface area contributed by atoms with Crippen LogP contribution in [0.2, 0.25) is 0 Å². The van der Waals surface area contributed by atoms with E-state index in [2.05, 4.69) is 5.32 Å². The Kier molecular flexibility index (Phi) is 7.42. The van der Waals surface area contributed by atoms with Gasteiger partial charge in [-0.05, 0) is 69.0 Å². The Balaban J connectivity index is 0.00000165. The number of benzene rings is 2. The van der Waals surface area contributed by atoms with Gasteiger partial charge in [0.25, 0.3) is 17.0 Å². The molecule has 2 aliphatic rings. The van der Waals surface area contributed by atoms with Crippen LogP contribution in [-0.4, -0.2) is 37.6 Å². The number of anilines is 2. The molecule has 10 heteroatoms. The van der Waals surface area contributed by atoms with Gasteiger partial charge in [0.2, 0.25) is 0 Å². The zero-order chi connectivity index (χ0) is 29.6. The first-order chi connectivity index (χ1) is 19.7. The van der Waals surface area contributed by atoms with Gasteiger partial charge in [0.05, 0.1) is 16.9 Å². The Morgan fingerprint density at radius 2 is 1.68 bits per heavy atom. The average molecular weight is 560 g/mol. The zero-order valence-electron chi connectivity index (χ0n) is 24.0. The monoisotopic (exact) mass is 559 g/mol. The second kappa shape index (κ2) is 10.8. The Labute approximate surface area is 236 Å². The summed E-state index contributed by atoms with van der Waals surface area (Å²) >= 11 is 0. The molecule has 3 heterocycles. The maximum atomic E-state index is 14.9. The van der Waals surface area contributed by atoms with Crippen LogP contribution in [0.25, 0.3) is 16.6 Å². The van der Waals surface area contributed by atoms with Gasteiger partial charge in [-0.25, -0.2) is 9.18 Å². The van der Waals surface area contributed by atoms with Crippen molar-refractivity contribution in [2.75, 3.05) is 18.4 Å². The van der Waals surface area contributed by atoms with Crippen molar-refractivity contribution in [3.05, 3.63) is 96.2 Å². The molecule has 1 saturated carbocycles. The molecule has 0 spiro atoms. The van der Waals surface area contributed by atoms with Crippen molar-refractivity contribution < 1.29 is 9.18 Å². The van der Waals surface area contributed by atoms with Crippen LogP contribution >= 0.6 is 0 Å². The third-order valence-electron chi connectivity index (χ3n) is 7.63. The van der Waals surface area contributed by atoms with Crippen LogP contribution in [0.5, 0.6) is 0 Å². The third kappa shape index (κ3) is 4.77. The molecular weight excluding hydrogens is 525 g/mol. The maximum Gasteiger partial charge on any atom is 0.336 e. The fourth-order valence-corrected chi connectivity index (χ4v) is 5.18. The highest BCUT2D eigenvalue weighted by Gasteiger charge is 2.32. The molecule has 9 nitrogen and oxygen atoms in total. The zero-order valence-corrected chi connectivity index (χ0v) is 24.0. The number of halogens is 1. The number of nitrogens with zero attached hydrogens (tertiary/aromatic N) is 4. The fraction of sp³-hybridized carbons (Fsp3) is 0.355. The van der Waals surface area contributed by atoms with Gasteiger partial charge in [0.15, 0.2) is 0 Å². The molecule has 4 aromatic rings. The van der Waals surface area contributed by atoms with E-state index >= 15 is 0 Å². The number of carbonyl (C=O) groups is 1. The molecule has 2 aromatic carbocycles. The molecule has 1 N–H and O–H groups in total. The fourth-order valence-electron chi connectivity index (χ4n) is 5.18. The van der Waals surface area contributed by atoms with Crippen LogP contribution < -0.4 is 22.1 Å². The van der Waals surface area contributed by atoms with Crippen molar-refractivity contribution in [1.82, 2.24) is 18.6 Å². The molecule has 1 amide bonds. The van der Waals surface area contributed by atoms with E-state index in [0.717, 1.165) is 12.0 Å². The molecule has 2 aromatic heterocycles. The van der Waals surface area contributed by atoms with Gasteiger partial charge in [0, 0.05) is 37.3 Å². The van der Waals surface area contributed by atoms with E-state index in [-0.39, 0.29) is 39.9 Å². The number of aryl methyl sites for hydroxylation is 2. The lowest BCUT2D eigenvalue weighted by Gasteiger charge is -2.31. The molecule has 0 atom stereocenters. The minimum Gasteiger partial charge on any atom is -0.339 e. The normalized spacial score (nSPS) is 14.3. The van der Waals surface area contributed by atoms with Crippen LogP contribution in [-0.2, 0) is 7.05 Å². The number of hydrogen-bond acceptors (Lipinski definition) is 5. The number of aromatic nitrogens is 3. The van der Waals surface area contributed by atoms with Crippen molar-refractivity contribution in [2.24, 2.45) is 7.05 Å².